The number of anilines is 2. The molecule has 0 atom stereocenters. The van der Waals surface area contributed by atoms with Gasteiger partial charge in [-0.05, 0) is 37.1 Å². The number of nitrogens with zero attached hydrogens (tertiary/aromatic N) is 1. The molecule has 1 saturated carbocycles. The molecule has 0 saturated heterocycles. The Hall–Kier alpha value is -1.81. The van der Waals surface area contributed by atoms with E-state index in [1.54, 1.807) is 6.20 Å². The van der Waals surface area contributed by atoms with Gasteiger partial charge >= 0.3 is 0 Å². The highest BCUT2D eigenvalue weighted by Gasteiger charge is 2.27. The summed E-state index contributed by atoms with van der Waals surface area (Å²) in [5.74, 6) is 0. The first-order valence-corrected chi connectivity index (χ1v) is 7.77. The Labute approximate surface area is 125 Å². The summed E-state index contributed by atoms with van der Waals surface area (Å²) in [6.07, 6.45) is 8.25. The van der Waals surface area contributed by atoms with Crippen LogP contribution in [0.15, 0.2) is 30.5 Å². The number of rotatable bonds is 3. The molecule has 0 amide bonds. The van der Waals surface area contributed by atoms with Crippen molar-refractivity contribution in [2.75, 3.05) is 17.6 Å². The second kappa shape index (κ2) is 5.90. The number of pyridine rings is 1. The lowest BCUT2D eigenvalue weighted by molar-refractivity contribution is 0.0381. The summed E-state index contributed by atoms with van der Waals surface area (Å²) in [5, 5.41) is 15.2. The zero-order chi connectivity index (χ0) is 14.7. The normalized spacial score (nSPS) is 18.3. The maximum atomic E-state index is 10.7. The first-order valence-electron chi connectivity index (χ1n) is 7.77. The number of aromatic nitrogens is 1. The Balaban J connectivity index is 1.78. The van der Waals surface area contributed by atoms with Gasteiger partial charge in [-0.2, -0.15) is 0 Å². The van der Waals surface area contributed by atoms with Crippen LogP contribution in [0.2, 0.25) is 0 Å². The van der Waals surface area contributed by atoms with Crippen molar-refractivity contribution in [1.82, 2.24) is 4.98 Å². The minimum absolute atomic E-state index is 0.583. The number of nitrogens with two attached hydrogens (primary N) is 1. The van der Waals surface area contributed by atoms with Crippen molar-refractivity contribution >= 4 is 22.3 Å². The number of nitrogen functional groups attached to an aromatic ring is 1. The molecule has 1 aromatic carbocycles. The fraction of sp³-hybridized carbons (Fsp3) is 0.471. The molecular weight excluding hydrogens is 262 g/mol. The van der Waals surface area contributed by atoms with E-state index in [9.17, 15) is 5.11 Å². The van der Waals surface area contributed by atoms with E-state index >= 15 is 0 Å². The Morgan fingerprint density at radius 3 is 2.67 bits per heavy atom. The van der Waals surface area contributed by atoms with E-state index in [0.717, 1.165) is 48.0 Å². The first-order chi connectivity index (χ1) is 10.2. The number of aliphatic hydroxyl groups is 1. The predicted octanol–water partition coefficient (Wildman–Crippen LogP) is 3.31. The van der Waals surface area contributed by atoms with Crippen molar-refractivity contribution in [2.45, 2.75) is 44.1 Å². The zero-order valence-corrected chi connectivity index (χ0v) is 12.3. The molecule has 0 aliphatic heterocycles. The third kappa shape index (κ3) is 3.27. The highest BCUT2D eigenvalue weighted by Crippen LogP contribution is 2.29. The lowest BCUT2D eigenvalue weighted by Gasteiger charge is -2.27. The van der Waals surface area contributed by atoms with Crippen LogP contribution >= 0.6 is 0 Å². The van der Waals surface area contributed by atoms with E-state index in [0.29, 0.717) is 6.54 Å². The minimum Gasteiger partial charge on any atom is -0.399 e. The van der Waals surface area contributed by atoms with Crippen LogP contribution < -0.4 is 11.1 Å². The summed E-state index contributed by atoms with van der Waals surface area (Å²) in [5.41, 5.74) is 7.83. The summed E-state index contributed by atoms with van der Waals surface area (Å²) in [4.78, 5) is 4.35. The van der Waals surface area contributed by atoms with Crippen LogP contribution in [0.3, 0.4) is 0 Å². The summed E-state index contributed by atoms with van der Waals surface area (Å²) < 4.78 is 0. The van der Waals surface area contributed by atoms with Crippen molar-refractivity contribution in [3.63, 3.8) is 0 Å². The number of benzene rings is 1. The van der Waals surface area contributed by atoms with E-state index in [4.69, 9.17) is 5.73 Å². The number of fused-ring (bicyclic) bond motifs is 1. The molecule has 21 heavy (non-hydrogen) atoms. The second-order valence-corrected chi connectivity index (χ2v) is 6.13. The fourth-order valence-electron chi connectivity index (χ4n) is 3.14. The molecular formula is C17H23N3O. The maximum Gasteiger partial charge on any atom is 0.0819 e. The van der Waals surface area contributed by atoms with Gasteiger partial charge in [0.15, 0.2) is 0 Å². The van der Waals surface area contributed by atoms with Gasteiger partial charge in [-0.3, -0.25) is 4.98 Å². The van der Waals surface area contributed by atoms with Gasteiger partial charge < -0.3 is 16.2 Å². The average Bonchev–Trinajstić information content (AvgIpc) is 2.70. The van der Waals surface area contributed by atoms with Crippen LogP contribution in [0, 0.1) is 0 Å². The topological polar surface area (TPSA) is 71.2 Å². The zero-order valence-electron chi connectivity index (χ0n) is 12.3. The third-order valence-electron chi connectivity index (χ3n) is 4.41. The summed E-state index contributed by atoms with van der Waals surface area (Å²) in [7, 11) is 0. The van der Waals surface area contributed by atoms with Gasteiger partial charge in [-0.25, -0.2) is 0 Å². The molecule has 3 rings (SSSR count). The average molecular weight is 285 g/mol. The standard InChI is InChI=1S/C17H23N3O/c18-13-5-6-14-15(7-10-19-16(14)11-13)20-12-17(21)8-3-1-2-4-9-17/h5-7,10-11,21H,1-4,8-9,12,18H2,(H,19,20). The molecule has 4 N–H and O–H groups in total. The van der Waals surface area contributed by atoms with Gasteiger partial charge in [0.05, 0.1) is 11.1 Å². The van der Waals surface area contributed by atoms with Crippen LogP contribution in [0.1, 0.15) is 38.5 Å². The maximum absolute atomic E-state index is 10.7. The van der Waals surface area contributed by atoms with Crippen molar-refractivity contribution < 1.29 is 5.11 Å². The lowest BCUT2D eigenvalue weighted by Crippen LogP contribution is -2.36. The molecule has 0 bridgehead atoms. The summed E-state index contributed by atoms with van der Waals surface area (Å²) in [6, 6.07) is 7.70. The molecule has 1 aliphatic carbocycles. The Kier molecular flexibility index (Phi) is 3.97. The van der Waals surface area contributed by atoms with E-state index in [-0.39, 0.29) is 0 Å². The molecule has 1 heterocycles. The number of hydrogen-bond donors (Lipinski definition) is 3. The molecule has 2 aromatic rings. The summed E-state index contributed by atoms with van der Waals surface area (Å²) in [6.45, 7) is 0.594. The second-order valence-electron chi connectivity index (χ2n) is 6.13. The predicted molar refractivity (Wildman–Crippen MR) is 87.3 cm³/mol. The number of nitrogens with one attached hydrogen (secondary N) is 1. The lowest BCUT2D eigenvalue weighted by atomic mass is 9.94. The van der Waals surface area contributed by atoms with E-state index in [1.165, 1.54) is 12.8 Å². The van der Waals surface area contributed by atoms with E-state index < -0.39 is 5.60 Å². The molecule has 1 fully saturated rings. The molecule has 4 nitrogen and oxygen atoms in total. The van der Waals surface area contributed by atoms with Gasteiger partial charge in [-0.15, -0.1) is 0 Å². The smallest absolute Gasteiger partial charge is 0.0819 e. The van der Waals surface area contributed by atoms with Crippen LogP contribution in [0.4, 0.5) is 11.4 Å². The minimum atomic E-state index is -0.583. The molecule has 0 unspecified atom stereocenters. The Bertz CT molecular complexity index is 618. The largest absolute Gasteiger partial charge is 0.399 e. The SMILES string of the molecule is Nc1ccc2c(NCC3(O)CCCCCC3)ccnc2c1. The van der Waals surface area contributed by atoms with Gasteiger partial charge in [0.2, 0.25) is 0 Å². The van der Waals surface area contributed by atoms with Gasteiger partial charge in [0.25, 0.3) is 0 Å². The van der Waals surface area contributed by atoms with Crippen molar-refractivity contribution in [3.05, 3.63) is 30.5 Å². The van der Waals surface area contributed by atoms with E-state index in [2.05, 4.69) is 10.3 Å². The van der Waals surface area contributed by atoms with Crippen LogP contribution in [-0.2, 0) is 0 Å². The number of hydrogen-bond acceptors (Lipinski definition) is 4. The summed E-state index contributed by atoms with van der Waals surface area (Å²) >= 11 is 0. The van der Waals surface area contributed by atoms with Crippen molar-refractivity contribution in [1.29, 1.82) is 0 Å². The third-order valence-corrected chi connectivity index (χ3v) is 4.41. The molecule has 4 heteroatoms. The highest BCUT2D eigenvalue weighted by atomic mass is 16.3. The van der Waals surface area contributed by atoms with Crippen LogP contribution in [0.5, 0.6) is 0 Å². The molecule has 0 spiro atoms. The quantitative estimate of drug-likeness (QED) is 0.597. The van der Waals surface area contributed by atoms with Gasteiger partial charge in [0.1, 0.15) is 0 Å². The van der Waals surface area contributed by atoms with E-state index in [1.807, 2.05) is 24.3 Å². The molecule has 0 radical (unpaired) electrons. The molecule has 1 aliphatic rings. The Morgan fingerprint density at radius 1 is 1.14 bits per heavy atom. The van der Waals surface area contributed by atoms with Gasteiger partial charge in [-0.1, -0.05) is 25.7 Å². The van der Waals surface area contributed by atoms with Crippen LogP contribution in [-0.4, -0.2) is 22.2 Å². The monoisotopic (exact) mass is 285 g/mol. The van der Waals surface area contributed by atoms with Crippen molar-refractivity contribution in [3.8, 4) is 0 Å². The first kappa shape index (κ1) is 14.1. The van der Waals surface area contributed by atoms with Gasteiger partial charge in [0, 0.05) is 29.5 Å². The van der Waals surface area contributed by atoms with Crippen molar-refractivity contribution in [2.24, 2.45) is 0 Å². The molecule has 112 valence electrons. The highest BCUT2D eigenvalue weighted by molar-refractivity contribution is 5.92. The molecule has 1 aromatic heterocycles. The fourth-order valence-corrected chi connectivity index (χ4v) is 3.14. The van der Waals surface area contributed by atoms with Crippen LogP contribution in [0.25, 0.3) is 10.9 Å². The Morgan fingerprint density at radius 2 is 1.90 bits per heavy atom.